The monoisotopic (exact) mass is 324 g/mol. The molecule has 0 aliphatic heterocycles. The zero-order valence-corrected chi connectivity index (χ0v) is 13.8. The van der Waals surface area contributed by atoms with Crippen molar-refractivity contribution in [2.75, 3.05) is 13.2 Å². The minimum Gasteiger partial charge on any atom is -0.324 e. The first-order chi connectivity index (χ1) is 9.28. The summed E-state index contributed by atoms with van der Waals surface area (Å²) in [6.07, 6.45) is -0.173. The Morgan fingerprint density at radius 3 is 1.90 bits per heavy atom. The number of benzene rings is 1. The first kappa shape index (κ1) is 19.5. The van der Waals surface area contributed by atoms with E-state index in [9.17, 15) is 9.13 Å². The molecule has 0 fully saturated rings. The second-order valence-electron chi connectivity index (χ2n) is 3.92. The van der Waals surface area contributed by atoms with E-state index >= 15 is 0 Å². The zero-order chi connectivity index (χ0) is 15.6. The Morgan fingerprint density at radius 2 is 1.55 bits per heavy atom. The molecule has 0 spiro atoms. The Labute approximate surface area is 120 Å². The maximum absolute atomic E-state index is 10.6. The maximum Gasteiger partial charge on any atom is 0.329 e. The highest BCUT2D eigenvalue weighted by atomic mass is 31.2. The second kappa shape index (κ2) is 10.3. The van der Waals surface area contributed by atoms with Crippen LogP contribution in [-0.4, -0.2) is 23.0 Å². The van der Waals surface area contributed by atoms with Gasteiger partial charge in [-0.1, -0.05) is 29.8 Å². The summed E-state index contributed by atoms with van der Waals surface area (Å²) < 4.78 is 30.2. The number of rotatable bonds is 6. The van der Waals surface area contributed by atoms with E-state index in [4.69, 9.17) is 9.79 Å². The first-order valence-corrected chi connectivity index (χ1v) is 9.20. The van der Waals surface area contributed by atoms with Crippen molar-refractivity contribution in [2.24, 2.45) is 0 Å². The van der Waals surface area contributed by atoms with Gasteiger partial charge in [-0.25, -0.2) is 0 Å². The number of hydrogen-bond acceptors (Lipinski definition) is 4. The normalized spacial score (nSPS) is 11.1. The molecule has 0 heterocycles. The number of hydrogen-bond donors (Lipinski definition) is 2. The summed E-state index contributed by atoms with van der Waals surface area (Å²) >= 11 is 0. The van der Waals surface area contributed by atoms with Gasteiger partial charge in [0.25, 0.3) is 0 Å². The molecule has 2 N–H and O–H groups in total. The average molecular weight is 324 g/mol. The minimum absolute atomic E-state index is 0.173. The van der Waals surface area contributed by atoms with Gasteiger partial charge in [0.2, 0.25) is 0 Å². The number of aryl methyl sites for hydroxylation is 1. The summed E-state index contributed by atoms with van der Waals surface area (Å²) in [6.45, 7) is 6.40. The second-order valence-corrected chi connectivity index (χ2v) is 6.65. The van der Waals surface area contributed by atoms with E-state index in [1.165, 1.54) is 0 Å². The van der Waals surface area contributed by atoms with E-state index in [-0.39, 0.29) is 6.16 Å². The molecule has 0 aliphatic carbocycles. The average Bonchev–Trinajstić information content (AvgIpc) is 2.32. The quantitative estimate of drug-likeness (QED) is 0.781. The van der Waals surface area contributed by atoms with Gasteiger partial charge in [0.05, 0.1) is 19.4 Å². The summed E-state index contributed by atoms with van der Waals surface area (Å²) in [5, 5.41) is 0. The van der Waals surface area contributed by atoms with Gasteiger partial charge in [0, 0.05) is 0 Å². The molecule has 0 saturated carbocycles. The molecule has 0 saturated heterocycles. The lowest BCUT2D eigenvalue weighted by Gasteiger charge is -2.03. The van der Waals surface area contributed by atoms with Crippen LogP contribution in [0.1, 0.15) is 25.0 Å². The van der Waals surface area contributed by atoms with Gasteiger partial charge in [-0.3, -0.25) is 9.13 Å². The van der Waals surface area contributed by atoms with E-state index in [1.54, 1.807) is 26.0 Å². The van der Waals surface area contributed by atoms with E-state index in [0.717, 1.165) is 5.56 Å². The zero-order valence-electron chi connectivity index (χ0n) is 11.9. The lowest BCUT2D eigenvalue weighted by molar-refractivity contribution is 0.243. The van der Waals surface area contributed by atoms with Gasteiger partial charge in [-0.2, -0.15) is 0 Å². The van der Waals surface area contributed by atoms with Crippen molar-refractivity contribution >= 4 is 15.9 Å². The molecular weight excluding hydrogens is 302 g/mol. The molecule has 20 heavy (non-hydrogen) atoms. The van der Waals surface area contributed by atoms with Crippen molar-refractivity contribution in [1.29, 1.82) is 0 Å². The Morgan fingerprint density at radius 1 is 1.10 bits per heavy atom. The van der Waals surface area contributed by atoms with Crippen molar-refractivity contribution in [3.63, 3.8) is 0 Å². The largest absolute Gasteiger partial charge is 0.329 e. The van der Waals surface area contributed by atoms with Crippen molar-refractivity contribution in [1.82, 2.24) is 0 Å². The highest BCUT2D eigenvalue weighted by Crippen LogP contribution is 2.38. The molecular formula is C12H22O6P2. The Bertz CT molecular complexity index is 432. The molecule has 0 unspecified atom stereocenters. The van der Waals surface area contributed by atoms with E-state index < -0.39 is 15.9 Å². The third kappa shape index (κ3) is 11.4. The van der Waals surface area contributed by atoms with Crippen molar-refractivity contribution in [3.8, 4) is 0 Å². The SMILES string of the molecule is CCO[PH](=O)OCC.Cc1ccc(CP(=O)(O)O)cc1. The van der Waals surface area contributed by atoms with E-state index in [2.05, 4.69) is 9.05 Å². The topological polar surface area (TPSA) is 93.1 Å². The van der Waals surface area contributed by atoms with E-state index in [1.807, 2.05) is 19.1 Å². The predicted molar refractivity (Wildman–Crippen MR) is 79.2 cm³/mol. The summed E-state index contributed by atoms with van der Waals surface area (Å²) in [5.41, 5.74) is 1.76. The van der Waals surface area contributed by atoms with Crippen molar-refractivity contribution in [2.45, 2.75) is 26.9 Å². The van der Waals surface area contributed by atoms with Crippen LogP contribution >= 0.6 is 15.9 Å². The van der Waals surface area contributed by atoms with Crippen LogP contribution in [0.3, 0.4) is 0 Å². The van der Waals surface area contributed by atoms with Crippen LogP contribution in [0.15, 0.2) is 24.3 Å². The Hall–Kier alpha value is -0.480. The van der Waals surface area contributed by atoms with Crippen LogP contribution in [0, 0.1) is 6.92 Å². The standard InChI is InChI=1S/C8H11O3P.C4H11O3P/c1-7-2-4-8(5-3-7)6-12(9,10)11;1-3-6-8(5)7-4-2/h2-5H,6H2,1H3,(H2,9,10,11);8H,3-4H2,1-2H3. The summed E-state index contributed by atoms with van der Waals surface area (Å²) in [4.78, 5) is 17.3. The molecule has 0 atom stereocenters. The molecule has 0 amide bonds. The molecule has 8 heteroatoms. The van der Waals surface area contributed by atoms with Crippen LogP contribution in [0.2, 0.25) is 0 Å². The highest BCUT2D eigenvalue weighted by molar-refractivity contribution is 7.50. The van der Waals surface area contributed by atoms with Crippen LogP contribution < -0.4 is 0 Å². The molecule has 0 aromatic heterocycles. The lowest BCUT2D eigenvalue weighted by atomic mass is 10.2. The van der Waals surface area contributed by atoms with Crippen LogP contribution in [-0.2, 0) is 24.3 Å². The Kier molecular flexibility index (Phi) is 10.0. The smallest absolute Gasteiger partial charge is 0.324 e. The third-order valence-corrected chi connectivity index (χ3v) is 3.86. The fourth-order valence-corrected chi connectivity index (χ4v) is 2.45. The molecule has 0 aliphatic rings. The molecule has 1 aromatic rings. The predicted octanol–water partition coefficient (Wildman–Crippen LogP) is 3.12. The molecule has 0 radical (unpaired) electrons. The fourth-order valence-electron chi connectivity index (χ4n) is 1.21. The minimum atomic E-state index is -3.90. The van der Waals surface area contributed by atoms with Gasteiger partial charge in [-0.05, 0) is 26.3 Å². The van der Waals surface area contributed by atoms with Gasteiger partial charge < -0.3 is 18.8 Å². The molecule has 1 rings (SSSR count). The third-order valence-electron chi connectivity index (χ3n) is 2.03. The summed E-state index contributed by atoms with van der Waals surface area (Å²) in [7, 11) is -6.04. The van der Waals surface area contributed by atoms with E-state index in [0.29, 0.717) is 18.8 Å². The molecule has 1 aromatic carbocycles. The molecule has 116 valence electrons. The van der Waals surface area contributed by atoms with Crippen LogP contribution in [0.5, 0.6) is 0 Å². The van der Waals surface area contributed by atoms with Crippen LogP contribution in [0.25, 0.3) is 0 Å². The Balaban J connectivity index is 0.000000396. The van der Waals surface area contributed by atoms with Gasteiger partial charge in [0.15, 0.2) is 0 Å². The van der Waals surface area contributed by atoms with Crippen molar-refractivity contribution in [3.05, 3.63) is 35.4 Å². The van der Waals surface area contributed by atoms with Gasteiger partial charge >= 0.3 is 15.9 Å². The van der Waals surface area contributed by atoms with Gasteiger partial charge in [0.1, 0.15) is 0 Å². The van der Waals surface area contributed by atoms with Crippen LogP contribution in [0.4, 0.5) is 0 Å². The fraction of sp³-hybridized carbons (Fsp3) is 0.500. The lowest BCUT2D eigenvalue weighted by Crippen LogP contribution is -1.86. The summed E-state index contributed by atoms with van der Waals surface area (Å²) in [5.74, 6) is 0. The van der Waals surface area contributed by atoms with Gasteiger partial charge in [-0.15, -0.1) is 0 Å². The first-order valence-electron chi connectivity index (χ1n) is 6.18. The highest BCUT2D eigenvalue weighted by Gasteiger charge is 2.12. The summed E-state index contributed by atoms with van der Waals surface area (Å²) in [6, 6.07) is 7.14. The molecule has 0 bridgehead atoms. The molecule has 6 nitrogen and oxygen atoms in total. The maximum atomic E-state index is 10.6. The van der Waals surface area contributed by atoms with Crippen molar-refractivity contribution < 1.29 is 28.0 Å².